The van der Waals surface area contributed by atoms with Gasteiger partial charge in [-0.05, 0) is 57.3 Å². The molecule has 208 valence electrons. The Morgan fingerprint density at radius 1 is 0.378 bits per heavy atom. The van der Waals surface area contributed by atoms with Gasteiger partial charge in [-0.15, -0.1) is 0 Å². The summed E-state index contributed by atoms with van der Waals surface area (Å²) in [5.74, 6) is 0. The van der Waals surface area contributed by atoms with Gasteiger partial charge in [-0.3, -0.25) is 0 Å². The van der Waals surface area contributed by atoms with E-state index in [9.17, 15) is 0 Å². The fraction of sp³-hybridized carbons (Fsp3) is 0. The summed E-state index contributed by atoms with van der Waals surface area (Å²) in [6.45, 7) is 0. The lowest BCUT2D eigenvalue weighted by atomic mass is 9.87. The van der Waals surface area contributed by atoms with Gasteiger partial charge in [-0.25, -0.2) is 9.97 Å². The molecule has 0 aliphatic heterocycles. The van der Waals surface area contributed by atoms with Crippen LogP contribution in [0.1, 0.15) is 0 Å². The molecule has 0 atom stereocenters. The van der Waals surface area contributed by atoms with Crippen LogP contribution in [0.25, 0.3) is 93.4 Å². The largest absolute Gasteiger partial charge is 0.308 e. The maximum absolute atomic E-state index is 5.47. The quantitative estimate of drug-likeness (QED) is 0.198. The van der Waals surface area contributed by atoms with Gasteiger partial charge in [0.2, 0.25) is 0 Å². The second-order valence-corrected chi connectivity index (χ2v) is 11.7. The molecule has 0 aliphatic rings. The Kier molecular flexibility index (Phi) is 5.00. The molecule has 0 amide bonds. The van der Waals surface area contributed by atoms with Crippen molar-refractivity contribution >= 4 is 65.2 Å². The summed E-state index contributed by atoms with van der Waals surface area (Å²) in [5, 5.41) is 10.0. The molecule has 2 heterocycles. The third-order valence-electron chi connectivity index (χ3n) is 9.30. The first-order valence-corrected chi connectivity index (χ1v) is 15.4. The molecule has 0 spiro atoms. The van der Waals surface area contributed by atoms with E-state index in [4.69, 9.17) is 9.97 Å². The molecule has 0 saturated heterocycles. The van der Waals surface area contributed by atoms with Crippen LogP contribution in [0.15, 0.2) is 152 Å². The zero-order chi connectivity index (χ0) is 29.5. The van der Waals surface area contributed by atoms with Crippen LogP contribution in [0.5, 0.6) is 0 Å². The number of benzene rings is 8. The first-order valence-electron chi connectivity index (χ1n) is 15.4. The molecule has 0 bridgehead atoms. The van der Waals surface area contributed by atoms with Crippen molar-refractivity contribution in [3.8, 4) is 28.2 Å². The highest BCUT2D eigenvalue weighted by Gasteiger charge is 2.27. The molecular formula is C42H25N3. The topological polar surface area (TPSA) is 30.7 Å². The van der Waals surface area contributed by atoms with E-state index in [1.165, 1.54) is 48.6 Å². The van der Waals surface area contributed by atoms with Gasteiger partial charge in [0.1, 0.15) is 5.69 Å². The van der Waals surface area contributed by atoms with E-state index >= 15 is 0 Å². The molecule has 2 aromatic heterocycles. The average molecular weight is 572 g/mol. The Morgan fingerprint density at radius 2 is 0.911 bits per heavy atom. The summed E-state index contributed by atoms with van der Waals surface area (Å²) in [6, 6.07) is 53.9. The Labute approximate surface area is 259 Å². The molecule has 0 aliphatic carbocycles. The van der Waals surface area contributed by atoms with Crippen molar-refractivity contribution in [2.75, 3.05) is 0 Å². The Morgan fingerprint density at radius 3 is 1.64 bits per heavy atom. The summed E-state index contributed by atoms with van der Waals surface area (Å²) in [7, 11) is 0. The van der Waals surface area contributed by atoms with Gasteiger partial charge in [0.15, 0.2) is 0 Å². The fourth-order valence-corrected chi connectivity index (χ4v) is 7.50. The van der Waals surface area contributed by atoms with Gasteiger partial charge in [-0.1, -0.05) is 121 Å². The van der Waals surface area contributed by atoms with Crippen molar-refractivity contribution in [1.29, 1.82) is 0 Å². The average Bonchev–Trinajstić information content (AvgIpc) is 3.46. The molecule has 10 aromatic rings. The van der Waals surface area contributed by atoms with E-state index in [2.05, 4.69) is 144 Å². The van der Waals surface area contributed by atoms with Crippen LogP contribution >= 0.6 is 0 Å². The summed E-state index contributed by atoms with van der Waals surface area (Å²) in [5.41, 5.74) is 9.17. The number of hydrogen-bond donors (Lipinski definition) is 0. The van der Waals surface area contributed by atoms with Gasteiger partial charge in [0, 0.05) is 33.0 Å². The van der Waals surface area contributed by atoms with Gasteiger partial charge in [0.05, 0.1) is 27.8 Å². The van der Waals surface area contributed by atoms with Crippen molar-refractivity contribution < 1.29 is 0 Å². The highest BCUT2D eigenvalue weighted by atomic mass is 15.0. The van der Waals surface area contributed by atoms with Gasteiger partial charge < -0.3 is 4.57 Å². The molecule has 0 fully saturated rings. The Bertz CT molecular complexity index is 2740. The molecule has 3 heteroatoms. The Hall–Kier alpha value is -6.06. The number of rotatable bonds is 3. The highest BCUT2D eigenvalue weighted by molar-refractivity contribution is 6.42. The van der Waals surface area contributed by atoms with Crippen molar-refractivity contribution in [2.24, 2.45) is 0 Å². The highest BCUT2D eigenvalue weighted by Crippen LogP contribution is 2.51. The normalized spacial score (nSPS) is 12.0. The van der Waals surface area contributed by atoms with E-state index in [1.54, 1.807) is 0 Å². The Balaban J connectivity index is 1.54. The molecule has 0 N–H and O–H groups in total. The second-order valence-electron chi connectivity index (χ2n) is 11.7. The molecule has 10 rings (SSSR count). The minimum absolute atomic E-state index is 0.883. The van der Waals surface area contributed by atoms with Crippen LogP contribution in [-0.4, -0.2) is 14.5 Å². The number of fused-ring (bicyclic) bond motifs is 6. The summed E-state index contributed by atoms with van der Waals surface area (Å²) >= 11 is 0. The lowest BCUT2D eigenvalue weighted by molar-refractivity contribution is 1.18. The van der Waals surface area contributed by atoms with E-state index < -0.39 is 0 Å². The molecule has 0 unspecified atom stereocenters. The number of nitrogens with zero attached hydrogens (tertiary/aromatic N) is 3. The van der Waals surface area contributed by atoms with E-state index in [0.29, 0.717) is 0 Å². The zero-order valence-electron chi connectivity index (χ0n) is 24.3. The zero-order valence-corrected chi connectivity index (χ0v) is 24.3. The number of aromatic nitrogens is 3. The monoisotopic (exact) mass is 571 g/mol. The van der Waals surface area contributed by atoms with Gasteiger partial charge >= 0.3 is 0 Å². The molecule has 45 heavy (non-hydrogen) atoms. The minimum atomic E-state index is 0.883. The predicted octanol–water partition coefficient (Wildman–Crippen LogP) is 11.0. The summed E-state index contributed by atoms with van der Waals surface area (Å²) < 4.78 is 2.46. The minimum Gasteiger partial charge on any atom is -0.308 e. The van der Waals surface area contributed by atoms with Crippen molar-refractivity contribution in [3.05, 3.63) is 152 Å². The summed E-state index contributed by atoms with van der Waals surface area (Å²) in [6.07, 6.45) is 0. The first kappa shape index (κ1) is 24.4. The van der Waals surface area contributed by atoms with E-state index in [1.807, 2.05) is 12.1 Å². The third-order valence-corrected chi connectivity index (χ3v) is 9.30. The fourth-order valence-electron chi connectivity index (χ4n) is 7.50. The lowest BCUT2D eigenvalue weighted by Gasteiger charge is -2.18. The summed E-state index contributed by atoms with van der Waals surface area (Å²) in [4.78, 5) is 10.8. The van der Waals surface area contributed by atoms with Crippen molar-refractivity contribution in [3.63, 3.8) is 0 Å². The SMILES string of the molecule is c1ccc(-c2nc3ccccc3nc2-c2c3ccccc3c3c4ccccc4c4cccc5c4c3c2n5-c2ccccc2)cc1. The van der Waals surface area contributed by atoms with Gasteiger partial charge in [0.25, 0.3) is 0 Å². The van der Waals surface area contributed by atoms with Crippen LogP contribution < -0.4 is 0 Å². The number of para-hydroxylation sites is 3. The second kappa shape index (κ2) is 9.22. The maximum atomic E-state index is 5.47. The first-order chi connectivity index (χ1) is 22.4. The third kappa shape index (κ3) is 3.35. The van der Waals surface area contributed by atoms with E-state index in [-0.39, 0.29) is 0 Å². The van der Waals surface area contributed by atoms with Crippen LogP contribution in [0.4, 0.5) is 0 Å². The van der Waals surface area contributed by atoms with Crippen LogP contribution in [-0.2, 0) is 0 Å². The predicted molar refractivity (Wildman–Crippen MR) is 188 cm³/mol. The standard InChI is InChI=1S/C42H25N3/c1-3-14-26(15-4-1)40-41(44-34-24-12-11-23-33(34)43-40)38-32-21-10-9-20-31(32)36-29-19-8-7-18-28(29)30-22-13-25-35-37(30)39(36)42(38)45(35)27-16-5-2-6-17-27/h1-25H. The van der Waals surface area contributed by atoms with Crippen molar-refractivity contribution in [1.82, 2.24) is 14.5 Å². The molecular weight excluding hydrogens is 546 g/mol. The van der Waals surface area contributed by atoms with Crippen LogP contribution in [0, 0.1) is 0 Å². The van der Waals surface area contributed by atoms with Crippen molar-refractivity contribution in [2.45, 2.75) is 0 Å². The maximum Gasteiger partial charge on any atom is 0.100 e. The molecule has 8 aromatic carbocycles. The van der Waals surface area contributed by atoms with Gasteiger partial charge in [-0.2, -0.15) is 0 Å². The van der Waals surface area contributed by atoms with E-state index in [0.717, 1.165) is 44.8 Å². The van der Waals surface area contributed by atoms with Crippen LogP contribution in [0.2, 0.25) is 0 Å². The molecule has 3 nitrogen and oxygen atoms in total. The smallest absolute Gasteiger partial charge is 0.100 e. The molecule has 0 radical (unpaired) electrons. The molecule has 0 saturated carbocycles. The van der Waals surface area contributed by atoms with Crippen LogP contribution in [0.3, 0.4) is 0 Å². The number of hydrogen-bond acceptors (Lipinski definition) is 2. The lowest BCUT2D eigenvalue weighted by Crippen LogP contribution is -2.00.